The number of thiophene rings is 1. The van der Waals surface area contributed by atoms with E-state index in [9.17, 15) is 0 Å². The second-order valence-electron chi connectivity index (χ2n) is 5.52. The normalized spacial score (nSPS) is 14.7. The molecule has 2 rings (SSSR count). The third kappa shape index (κ3) is 3.48. The summed E-state index contributed by atoms with van der Waals surface area (Å²) in [5.74, 6) is 0. The Bertz CT molecular complexity index is 544. The van der Waals surface area contributed by atoms with Crippen LogP contribution in [-0.4, -0.2) is 35.3 Å². The standard InChI is InChI=1S/C15H24N4S/c1-11-6-7-20-15(11)12(2)16-9-14(18(3)4)13-8-17-19(5)10-13/h6-8,10,12,14,16H,9H2,1-5H3. The molecule has 0 aliphatic rings. The average Bonchev–Trinajstić information content (AvgIpc) is 2.98. The van der Waals surface area contributed by atoms with E-state index in [4.69, 9.17) is 0 Å². The molecule has 0 aliphatic heterocycles. The summed E-state index contributed by atoms with van der Waals surface area (Å²) in [5.41, 5.74) is 2.62. The van der Waals surface area contributed by atoms with Crippen LogP contribution in [0.2, 0.25) is 0 Å². The average molecular weight is 292 g/mol. The van der Waals surface area contributed by atoms with Crippen LogP contribution >= 0.6 is 11.3 Å². The Kier molecular flexibility index (Phi) is 4.96. The quantitative estimate of drug-likeness (QED) is 0.889. The first-order valence-electron chi connectivity index (χ1n) is 6.91. The fourth-order valence-electron chi connectivity index (χ4n) is 2.42. The lowest BCUT2D eigenvalue weighted by Gasteiger charge is -2.25. The Morgan fingerprint density at radius 3 is 2.70 bits per heavy atom. The third-order valence-electron chi connectivity index (χ3n) is 3.65. The van der Waals surface area contributed by atoms with Gasteiger partial charge in [-0.1, -0.05) is 0 Å². The van der Waals surface area contributed by atoms with Crippen molar-refractivity contribution in [2.45, 2.75) is 25.9 Å². The minimum atomic E-state index is 0.339. The largest absolute Gasteiger partial charge is 0.308 e. The van der Waals surface area contributed by atoms with Crippen LogP contribution in [-0.2, 0) is 7.05 Å². The van der Waals surface area contributed by atoms with Crippen molar-refractivity contribution >= 4 is 11.3 Å². The summed E-state index contributed by atoms with van der Waals surface area (Å²) in [6.07, 6.45) is 4.04. The highest BCUT2D eigenvalue weighted by Crippen LogP contribution is 2.24. The van der Waals surface area contributed by atoms with Gasteiger partial charge in [-0.15, -0.1) is 11.3 Å². The molecule has 0 bridgehead atoms. The smallest absolute Gasteiger partial charge is 0.0538 e. The molecule has 110 valence electrons. The van der Waals surface area contributed by atoms with Crippen LogP contribution in [0.25, 0.3) is 0 Å². The van der Waals surface area contributed by atoms with Gasteiger partial charge >= 0.3 is 0 Å². The predicted molar refractivity (Wildman–Crippen MR) is 85.1 cm³/mol. The zero-order valence-corrected chi connectivity index (χ0v) is 13.7. The van der Waals surface area contributed by atoms with E-state index in [1.54, 1.807) is 0 Å². The third-order valence-corrected chi connectivity index (χ3v) is 4.85. The molecule has 0 spiro atoms. The second-order valence-corrected chi connectivity index (χ2v) is 6.47. The number of rotatable bonds is 6. The molecule has 0 saturated heterocycles. The summed E-state index contributed by atoms with van der Waals surface area (Å²) in [6.45, 7) is 5.32. The summed E-state index contributed by atoms with van der Waals surface area (Å²) in [7, 11) is 6.18. The number of hydrogen-bond acceptors (Lipinski definition) is 4. The first kappa shape index (κ1) is 15.2. The summed E-state index contributed by atoms with van der Waals surface area (Å²) >= 11 is 1.83. The molecular weight excluding hydrogens is 268 g/mol. The van der Waals surface area contributed by atoms with Crippen LogP contribution < -0.4 is 5.32 Å². The van der Waals surface area contributed by atoms with Crippen LogP contribution in [0.3, 0.4) is 0 Å². The second kappa shape index (κ2) is 6.52. The van der Waals surface area contributed by atoms with Crippen molar-refractivity contribution in [2.24, 2.45) is 7.05 Å². The lowest BCUT2D eigenvalue weighted by molar-refractivity contribution is 0.282. The molecule has 2 aromatic rings. The van der Waals surface area contributed by atoms with Gasteiger partial charge in [-0.25, -0.2) is 0 Å². The number of nitrogens with zero attached hydrogens (tertiary/aromatic N) is 3. The van der Waals surface area contributed by atoms with Gasteiger partial charge in [0, 0.05) is 42.3 Å². The monoisotopic (exact) mass is 292 g/mol. The summed E-state index contributed by atoms with van der Waals surface area (Å²) in [5, 5.41) is 10.1. The number of aryl methyl sites for hydroxylation is 2. The molecule has 2 unspecified atom stereocenters. The number of hydrogen-bond donors (Lipinski definition) is 1. The van der Waals surface area contributed by atoms with Crippen molar-refractivity contribution < 1.29 is 0 Å². The minimum Gasteiger partial charge on any atom is -0.308 e. The van der Waals surface area contributed by atoms with Crippen LogP contribution in [0.4, 0.5) is 0 Å². The highest BCUT2D eigenvalue weighted by molar-refractivity contribution is 7.10. The van der Waals surface area contributed by atoms with E-state index in [2.05, 4.69) is 60.9 Å². The van der Waals surface area contributed by atoms with Crippen LogP contribution in [0, 0.1) is 6.92 Å². The van der Waals surface area contributed by atoms with E-state index >= 15 is 0 Å². The molecule has 0 amide bonds. The van der Waals surface area contributed by atoms with Crippen LogP contribution in [0.5, 0.6) is 0 Å². The van der Waals surface area contributed by atoms with Crippen molar-refractivity contribution in [1.82, 2.24) is 20.0 Å². The molecule has 2 heterocycles. The fraction of sp³-hybridized carbons (Fsp3) is 0.533. The number of aromatic nitrogens is 2. The van der Waals surface area contributed by atoms with Gasteiger partial charge in [0.1, 0.15) is 0 Å². The molecule has 0 radical (unpaired) electrons. The molecule has 1 N–H and O–H groups in total. The van der Waals surface area contributed by atoms with Gasteiger partial charge < -0.3 is 10.2 Å². The van der Waals surface area contributed by atoms with E-state index in [1.165, 1.54) is 16.0 Å². The Labute approximate surface area is 125 Å². The number of nitrogens with one attached hydrogen (secondary N) is 1. The first-order chi connectivity index (χ1) is 9.49. The van der Waals surface area contributed by atoms with Crippen LogP contribution in [0.15, 0.2) is 23.8 Å². The lowest BCUT2D eigenvalue weighted by atomic mass is 10.1. The van der Waals surface area contributed by atoms with E-state index in [0.717, 1.165) is 6.54 Å². The molecule has 0 aliphatic carbocycles. The summed E-state index contributed by atoms with van der Waals surface area (Å²) in [6, 6.07) is 2.91. The highest BCUT2D eigenvalue weighted by atomic mass is 32.1. The molecule has 20 heavy (non-hydrogen) atoms. The Hall–Kier alpha value is -1.17. The van der Waals surface area contributed by atoms with E-state index in [0.29, 0.717) is 12.1 Å². The summed E-state index contributed by atoms with van der Waals surface area (Å²) < 4.78 is 1.86. The van der Waals surface area contributed by atoms with Gasteiger partial charge in [-0.2, -0.15) is 5.10 Å². The van der Waals surface area contributed by atoms with Crippen molar-refractivity contribution in [3.63, 3.8) is 0 Å². The summed E-state index contributed by atoms with van der Waals surface area (Å²) in [4.78, 5) is 3.66. The van der Waals surface area contributed by atoms with Gasteiger partial charge in [0.2, 0.25) is 0 Å². The van der Waals surface area contributed by atoms with Gasteiger partial charge in [0.05, 0.1) is 6.20 Å². The van der Waals surface area contributed by atoms with Gasteiger partial charge in [0.25, 0.3) is 0 Å². The molecule has 2 aromatic heterocycles. The lowest BCUT2D eigenvalue weighted by Crippen LogP contribution is -2.32. The Morgan fingerprint density at radius 1 is 1.45 bits per heavy atom. The van der Waals surface area contributed by atoms with Gasteiger partial charge in [0.15, 0.2) is 0 Å². The van der Waals surface area contributed by atoms with E-state index in [1.807, 2.05) is 29.3 Å². The molecule has 4 nitrogen and oxygen atoms in total. The van der Waals surface area contributed by atoms with Crippen molar-refractivity contribution in [3.05, 3.63) is 39.8 Å². The first-order valence-corrected chi connectivity index (χ1v) is 7.79. The molecule has 5 heteroatoms. The van der Waals surface area contributed by atoms with Gasteiger partial charge in [-0.05, 0) is 45.0 Å². The zero-order chi connectivity index (χ0) is 14.7. The maximum absolute atomic E-state index is 4.28. The molecule has 0 fully saturated rings. The van der Waals surface area contributed by atoms with E-state index in [-0.39, 0.29) is 0 Å². The molecule has 0 aromatic carbocycles. The molecule has 2 atom stereocenters. The maximum atomic E-state index is 4.28. The minimum absolute atomic E-state index is 0.339. The zero-order valence-electron chi connectivity index (χ0n) is 12.9. The van der Waals surface area contributed by atoms with Crippen molar-refractivity contribution in [2.75, 3.05) is 20.6 Å². The molecular formula is C15H24N4S. The number of likely N-dealkylation sites (N-methyl/N-ethyl adjacent to an activating group) is 1. The Balaban J connectivity index is 2.01. The topological polar surface area (TPSA) is 33.1 Å². The fourth-order valence-corrected chi connectivity index (χ4v) is 3.38. The highest BCUT2D eigenvalue weighted by Gasteiger charge is 2.18. The van der Waals surface area contributed by atoms with Gasteiger partial charge in [-0.3, -0.25) is 4.68 Å². The van der Waals surface area contributed by atoms with E-state index < -0.39 is 0 Å². The molecule has 0 saturated carbocycles. The predicted octanol–water partition coefficient (Wildman–Crippen LogP) is 2.74. The SMILES string of the molecule is Cc1ccsc1C(C)NCC(c1cnn(C)c1)N(C)C. The Morgan fingerprint density at radius 2 is 2.20 bits per heavy atom. The van der Waals surface area contributed by atoms with Crippen LogP contribution in [0.1, 0.15) is 35.0 Å². The maximum Gasteiger partial charge on any atom is 0.0538 e. The van der Waals surface area contributed by atoms with Crippen molar-refractivity contribution in [3.8, 4) is 0 Å². The van der Waals surface area contributed by atoms with Crippen molar-refractivity contribution in [1.29, 1.82) is 0 Å².